The summed E-state index contributed by atoms with van der Waals surface area (Å²) in [6, 6.07) is 14.9. The highest BCUT2D eigenvalue weighted by Gasteiger charge is 2.16. The lowest BCUT2D eigenvalue weighted by Crippen LogP contribution is -2.12. The van der Waals surface area contributed by atoms with E-state index in [1.54, 1.807) is 18.3 Å². The summed E-state index contributed by atoms with van der Waals surface area (Å²) in [5.74, 6) is 0. The van der Waals surface area contributed by atoms with Crippen molar-refractivity contribution in [2.75, 3.05) is 4.72 Å². The van der Waals surface area contributed by atoms with E-state index in [1.165, 1.54) is 29.5 Å². The predicted molar refractivity (Wildman–Crippen MR) is 110 cm³/mol. The molecule has 0 saturated heterocycles. The topological polar surface area (TPSA) is 72.0 Å². The number of aromatic nitrogens is 2. The largest absolute Gasteiger partial charge is 0.280 e. The Hall–Kier alpha value is -2.19. The molecule has 136 valence electrons. The predicted octanol–water partition coefficient (Wildman–Crippen LogP) is 5.47. The van der Waals surface area contributed by atoms with Crippen LogP contribution in [0.2, 0.25) is 10.0 Å². The second-order valence-electron chi connectivity index (χ2n) is 5.61. The van der Waals surface area contributed by atoms with E-state index in [1.807, 2.05) is 24.3 Å². The van der Waals surface area contributed by atoms with Crippen LogP contribution in [0.5, 0.6) is 0 Å². The van der Waals surface area contributed by atoms with Crippen LogP contribution in [-0.4, -0.2) is 18.4 Å². The van der Waals surface area contributed by atoms with Crippen molar-refractivity contribution in [1.29, 1.82) is 0 Å². The van der Waals surface area contributed by atoms with Crippen LogP contribution in [0.3, 0.4) is 0 Å². The number of fused-ring (bicyclic) bond motifs is 1. The van der Waals surface area contributed by atoms with Crippen molar-refractivity contribution in [1.82, 2.24) is 9.97 Å². The smallest absolute Gasteiger partial charge is 0.261 e. The number of hydrogen-bond donors (Lipinski definition) is 1. The third kappa shape index (κ3) is 3.77. The van der Waals surface area contributed by atoms with Crippen LogP contribution in [0.4, 0.5) is 5.69 Å². The minimum Gasteiger partial charge on any atom is -0.280 e. The number of benzene rings is 2. The molecule has 0 aliphatic rings. The fourth-order valence-electron chi connectivity index (χ4n) is 2.43. The number of rotatable bonds is 4. The molecule has 4 rings (SSSR count). The summed E-state index contributed by atoms with van der Waals surface area (Å²) < 4.78 is 27.5. The van der Waals surface area contributed by atoms with Crippen molar-refractivity contribution in [2.24, 2.45) is 0 Å². The first kappa shape index (κ1) is 18.2. The van der Waals surface area contributed by atoms with Crippen LogP contribution in [0.1, 0.15) is 0 Å². The Bertz CT molecular complexity index is 1210. The molecule has 0 radical (unpaired) electrons. The van der Waals surface area contributed by atoms with Gasteiger partial charge in [0.1, 0.15) is 15.4 Å². The van der Waals surface area contributed by atoms with Crippen molar-refractivity contribution in [2.45, 2.75) is 4.90 Å². The number of pyridine rings is 1. The molecule has 1 N–H and O–H groups in total. The summed E-state index contributed by atoms with van der Waals surface area (Å²) in [5.41, 5.74) is 2.15. The zero-order chi connectivity index (χ0) is 19.0. The Morgan fingerprint density at radius 3 is 2.44 bits per heavy atom. The molecule has 2 aromatic carbocycles. The number of halogens is 2. The number of hydrogen-bond acceptors (Lipinski definition) is 5. The number of nitrogens with one attached hydrogen (secondary N) is 1. The summed E-state index contributed by atoms with van der Waals surface area (Å²) in [4.78, 5) is 9.73. The van der Waals surface area contributed by atoms with Gasteiger partial charge >= 0.3 is 0 Å². The van der Waals surface area contributed by atoms with Crippen molar-refractivity contribution in [3.63, 3.8) is 0 Å². The maximum absolute atomic E-state index is 12.5. The number of nitrogens with zero attached hydrogens (tertiary/aromatic N) is 2. The van der Waals surface area contributed by atoms with Gasteiger partial charge in [-0.05, 0) is 54.6 Å². The molecule has 0 aliphatic carbocycles. The Morgan fingerprint density at radius 1 is 0.963 bits per heavy atom. The molecule has 0 atom stereocenters. The second-order valence-corrected chi connectivity index (χ2v) is 9.08. The van der Waals surface area contributed by atoms with Gasteiger partial charge in [0.2, 0.25) is 0 Å². The minimum atomic E-state index is -3.77. The SMILES string of the molecule is O=S(=O)(Nc1ccc(-c2nc3cccnc3s2)cc1)c1ccc(Cl)c(Cl)c1. The third-order valence-corrected chi connectivity index (χ3v) is 6.90. The monoisotopic (exact) mass is 435 g/mol. The summed E-state index contributed by atoms with van der Waals surface area (Å²) in [5, 5.41) is 1.30. The molecule has 0 aliphatic heterocycles. The summed E-state index contributed by atoms with van der Waals surface area (Å²) in [7, 11) is -3.77. The molecular formula is C18H11Cl2N3O2S2. The molecule has 0 saturated carbocycles. The Balaban J connectivity index is 1.59. The molecule has 2 heterocycles. The van der Waals surface area contributed by atoms with Crippen LogP contribution in [0.25, 0.3) is 20.9 Å². The number of anilines is 1. The molecule has 0 bridgehead atoms. The van der Waals surface area contributed by atoms with Crippen molar-refractivity contribution in [3.8, 4) is 10.6 Å². The zero-order valence-electron chi connectivity index (χ0n) is 13.6. The molecule has 27 heavy (non-hydrogen) atoms. The van der Waals surface area contributed by atoms with Gasteiger partial charge in [-0.15, -0.1) is 0 Å². The van der Waals surface area contributed by atoms with E-state index in [-0.39, 0.29) is 9.92 Å². The van der Waals surface area contributed by atoms with Crippen molar-refractivity contribution >= 4 is 60.6 Å². The van der Waals surface area contributed by atoms with E-state index >= 15 is 0 Å². The minimum absolute atomic E-state index is 0.0400. The summed E-state index contributed by atoms with van der Waals surface area (Å²) in [6.45, 7) is 0. The molecule has 0 unspecified atom stereocenters. The van der Waals surface area contributed by atoms with Crippen LogP contribution in [0.15, 0.2) is 65.7 Å². The third-order valence-electron chi connectivity index (χ3n) is 3.75. The first-order chi connectivity index (χ1) is 12.9. The fraction of sp³-hybridized carbons (Fsp3) is 0. The van der Waals surface area contributed by atoms with Gasteiger partial charge in [-0.1, -0.05) is 34.5 Å². The lowest BCUT2D eigenvalue weighted by molar-refractivity contribution is 0.601. The zero-order valence-corrected chi connectivity index (χ0v) is 16.7. The molecule has 0 spiro atoms. The van der Waals surface area contributed by atoms with E-state index in [2.05, 4.69) is 14.7 Å². The number of thiazole rings is 1. The van der Waals surface area contributed by atoms with E-state index < -0.39 is 10.0 Å². The maximum Gasteiger partial charge on any atom is 0.261 e. The Labute approximate surface area is 169 Å². The van der Waals surface area contributed by atoms with Crippen LogP contribution >= 0.6 is 34.5 Å². The lowest BCUT2D eigenvalue weighted by atomic mass is 10.2. The van der Waals surface area contributed by atoms with Gasteiger partial charge in [-0.2, -0.15) is 0 Å². The first-order valence-corrected chi connectivity index (χ1v) is 10.8. The molecule has 4 aromatic rings. The Kier molecular flexibility index (Phi) is 4.77. The van der Waals surface area contributed by atoms with Gasteiger partial charge in [-0.3, -0.25) is 4.72 Å². The Morgan fingerprint density at radius 2 is 1.74 bits per heavy atom. The van der Waals surface area contributed by atoms with Crippen LogP contribution in [0, 0.1) is 0 Å². The molecule has 9 heteroatoms. The number of sulfonamides is 1. The average molecular weight is 436 g/mol. The normalized spacial score (nSPS) is 11.6. The second kappa shape index (κ2) is 7.09. The maximum atomic E-state index is 12.5. The van der Waals surface area contributed by atoms with Crippen LogP contribution < -0.4 is 4.72 Å². The van der Waals surface area contributed by atoms with Gasteiger partial charge in [0.05, 0.1) is 14.9 Å². The van der Waals surface area contributed by atoms with E-state index in [4.69, 9.17) is 23.2 Å². The average Bonchev–Trinajstić information content (AvgIpc) is 3.08. The highest BCUT2D eigenvalue weighted by Crippen LogP contribution is 2.30. The van der Waals surface area contributed by atoms with E-state index in [0.29, 0.717) is 10.7 Å². The first-order valence-electron chi connectivity index (χ1n) is 7.72. The molecule has 0 fully saturated rings. The fourth-order valence-corrected chi connectivity index (χ4v) is 4.79. The van der Waals surface area contributed by atoms with Gasteiger partial charge < -0.3 is 0 Å². The van der Waals surface area contributed by atoms with Crippen LogP contribution in [-0.2, 0) is 10.0 Å². The molecule has 0 amide bonds. The quantitative estimate of drug-likeness (QED) is 0.461. The van der Waals surface area contributed by atoms with Crippen molar-refractivity contribution in [3.05, 3.63) is 70.8 Å². The van der Waals surface area contributed by atoms with E-state index in [0.717, 1.165) is 20.9 Å². The van der Waals surface area contributed by atoms with Crippen molar-refractivity contribution < 1.29 is 8.42 Å². The van der Waals surface area contributed by atoms with Gasteiger partial charge in [0, 0.05) is 17.4 Å². The standard InChI is InChI=1S/C18H11Cl2N3O2S2/c19-14-8-7-13(10-15(14)20)27(24,25)23-12-5-3-11(4-6-12)17-22-16-2-1-9-21-18(16)26-17/h1-10,23H. The van der Waals surface area contributed by atoms with Gasteiger partial charge in [-0.25, -0.2) is 18.4 Å². The van der Waals surface area contributed by atoms with E-state index in [9.17, 15) is 8.42 Å². The van der Waals surface area contributed by atoms with Gasteiger partial charge in [0.15, 0.2) is 0 Å². The molecule has 5 nitrogen and oxygen atoms in total. The lowest BCUT2D eigenvalue weighted by Gasteiger charge is -2.09. The summed E-state index contributed by atoms with van der Waals surface area (Å²) in [6.07, 6.45) is 1.73. The van der Waals surface area contributed by atoms with Gasteiger partial charge in [0.25, 0.3) is 10.0 Å². The molecular weight excluding hydrogens is 425 g/mol. The highest BCUT2D eigenvalue weighted by molar-refractivity contribution is 7.92. The summed E-state index contributed by atoms with van der Waals surface area (Å²) >= 11 is 13.2. The highest BCUT2D eigenvalue weighted by atomic mass is 35.5. The molecule has 2 aromatic heterocycles.